The van der Waals surface area contributed by atoms with Crippen LogP contribution in [0.1, 0.15) is 42.3 Å². The van der Waals surface area contributed by atoms with Crippen molar-refractivity contribution < 1.29 is 14.4 Å². The van der Waals surface area contributed by atoms with Crippen LogP contribution in [-0.4, -0.2) is 29.6 Å². The Labute approximate surface area is 235 Å². The average molecular weight is 590 g/mol. The fourth-order valence-corrected chi connectivity index (χ4v) is 6.83. The Balaban J connectivity index is 1.68. The molecule has 4 atom stereocenters. The van der Waals surface area contributed by atoms with Crippen LogP contribution < -0.4 is 10.2 Å². The summed E-state index contributed by atoms with van der Waals surface area (Å²) in [6.07, 6.45) is 3.90. The number of nitrogens with one attached hydrogen (secondary N) is 1. The van der Waals surface area contributed by atoms with Crippen molar-refractivity contribution in [3.05, 3.63) is 99.0 Å². The van der Waals surface area contributed by atoms with E-state index in [0.717, 1.165) is 21.3 Å². The zero-order valence-electron chi connectivity index (χ0n) is 21.2. The van der Waals surface area contributed by atoms with Gasteiger partial charge >= 0.3 is 0 Å². The van der Waals surface area contributed by atoms with Gasteiger partial charge in [0.25, 0.3) is 0 Å². The minimum absolute atomic E-state index is 0.0942. The average Bonchev–Trinajstić information content (AvgIpc) is 3.35. The molecule has 0 bridgehead atoms. The van der Waals surface area contributed by atoms with Crippen molar-refractivity contribution in [2.75, 3.05) is 10.2 Å². The van der Waals surface area contributed by atoms with Crippen molar-refractivity contribution in [2.24, 2.45) is 11.3 Å². The second-order valence-electron chi connectivity index (χ2n) is 11.2. The third-order valence-corrected chi connectivity index (χ3v) is 8.78. The second-order valence-corrected chi connectivity index (χ2v) is 12.5. The van der Waals surface area contributed by atoms with E-state index in [9.17, 15) is 14.4 Å². The number of hydrogen-bond donors (Lipinski definition) is 1. The summed E-state index contributed by atoms with van der Waals surface area (Å²) in [5.41, 5.74) is 1.43. The molecule has 1 N–H and O–H groups in total. The number of benzene rings is 3. The number of rotatable bonds is 3. The van der Waals surface area contributed by atoms with E-state index in [1.165, 1.54) is 0 Å². The van der Waals surface area contributed by atoms with Crippen LogP contribution in [0.25, 0.3) is 6.08 Å². The minimum atomic E-state index is -1.31. The molecule has 0 radical (unpaired) electrons. The third-order valence-electron chi connectivity index (χ3n) is 8.01. The topological polar surface area (TPSA) is 66.5 Å². The summed E-state index contributed by atoms with van der Waals surface area (Å²) in [7, 11) is 0. The fraction of sp³-hybridized carbons (Fsp3) is 0.258. The summed E-state index contributed by atoms with van der Waals surface area (Å²) in [5, 5.41) is 3.62. The third kappa shape index (κ3) is 3.46. The molecule has 1 amide bonds. The van der Waals surface area contributed by atoms with E-state index in [4.69, 9.17) is 11.6 Å². The highest BCUT2D eigenvalue weighted by atomic mass is 79.9. The van der Waals surface area contributed by atoms with Crippen molar-refractivity contribution in [3.63, 3.8) is 0 Å². The first-order valence-electron chi connectivity index (χ1n) is 12.6. The zero-order valence-corrected chi connectivity index (χ0v) is 23.5. The van der Waals surface area contributed by atoms with Crippen molar-refractivity contribution in [1.29, 1.82) is 0 Å². The van der Waals surface area contributed by atoms with Gasteiger partial charge in [0, 0.05) is 31.8 Å². The summed E-state index contributed by atoms with van der Waals surface area (Å²) >= 11 is 9.78. The molecule has 1 spiro atoms. The number of nitrogens with zero attached hydrogens (tertiary/aromatic N) is 1. The van der Waals surface area contributed by atoms with Gasteiger partial charge in [-0.05, 0) is 47.5 Å². The number of para-hydroxylation sites is 1. The molecule has 0 aliphatic carbocycles. The Hall–Kier alpha value is -3.22. The number of Topliss-reactive ketones (excluding diaryl/α,β-unsaturated/α-hetero) is 2. The molecule has 192 valence electrons. The van der Waals surface area contributed by atoms with Gasteiger partial charge < -0.3 is 10.2 Å². The fourth-order valence-electron chi connectivity index (χ4n) is 6.39. The summed E-state index contributed by atoms with van der Waals surface area (Å²) in [4.78, 5) is 45.2. The number of carbonyl (C=O) groups excluding carboxylic acids is 3. The van der Waals surface area contributed by atoms with E-state index in [-0.39, 0.29) is 17.5 Å². The smallest absolute Gasteiger partial charge is 0.238 e. The molecule has 6 rings (SSSR count). The lowest BCUT2D eigenvalue weighted by atomic mass is 9.63. The molecule has 38 heavy (non-hydrogen) atoms. The molecule has 1 saturated heterocycles. The van der Waals surface area contributed by atoms with Gasteiger partial charge in [-0.1, -0.05) is 90.8 Å². The highest BCUT2D eigenvalue weighted by Crippen LogP contribution is 2.58. The number of fused-ring (bicyclic) bond motifs is 6. The lowest BCUT2D eigenvalue weighted by Gasteiger charge is -2.38. The molecule has 3 aromatic carbocycles. The van der Waals surface area contributed by atoms with E-state index in [2.05, 4.69) is 21.2 Å². The van der Waals surface area contributed by atoms with E-state index < -0.39 is 28.8 Å². The normalized spacial score (nSPS) is 25.1. The van der Waals surface area contributed by atoms with Crippen molar-refractivity contribution in [2.45, 2.75) is 38.3 Å². The minimum Gasteiger partial charge on any atom is -0.352 e. The molecule has 0 saturated carbocycles. The highest BCUT2D eigenvalue weighted by molar-refractivity contribution is 9.10. The van der Waals surface area contributed by atoms with E-state index in [1.54, 1.807) is 18.2 Å². The van der Waals surface area contributed by atoms with Crippen molar-refractivity contribution >= 4 is 62.5 Å². The van der Waals surface area contributed by atoms with Crippen LogP contribution in [0.4, 0.5) is 11.4 Å². The first kappa shape index (κ1) is 25.1. The second kappa shape index (κ2) is 8.65. The summed E-state index contributed by atoms with van der Waals surface area (Å²) < 4.78 is 0.840. The van der Waals surface area contributed by atoms with E-state index in [1.807, 2.05) is 86.4 Å². The van der Waals surface area contributed by atoms with Crippen LogP contribution in [0.5, 0.6) is 0 Å². The van der Waals surface area contributed by atoms with Gasteiger partial charge in [0.15, 0.2) is 11.6 Å². The maximum absolute atomic E-state index is 14.6. The van der Waals surface area contributed by atoms with Crippen LogP contribution >= 0.6 is 27.5 Å². The predicted molar refractivity (Wildman–Crippen MR) is 154 cm³/mol. The first-order chi connectivity index (χ1) is 18.0. The molecule has 5 nitrogen and oxygen atoms in total. The molecular weight excluding hydrogens is 564 g/mol. The molecule has 7 heteroatoms. The Morgan fingerprint density at radius 1 is 1.03 bits per heavy atom. The highest BCUT2D eigenvalue weighted by Gasteiger charge is 2.70. The van der Waals surface area contributed by atoms with Crippen LogP contribution in [0.3, 0.4) is 0 Å². The summed E-state index contributed by atoms with van der Waals surface area (Å²) in [5.74, 6) is -1.56. The largest absolute Gasteiger partial charge is 0.352 e. The van der Waals surface area contributed by atoms with Gasteiger partial charge in [-0.2, -0.15) is 0 Å². The van der Waals surface area contributed by atoms with Crippen LogP contribution in [0, 0.1) is 11.3 Å². The number of halogens is 2. The Kier molecular flexibility index (Phi) is 5.71. The first-order valence-corrected chi connectivity index (χ1v) is 13.7. The molecular formula is C31H26BrClN2O3. The molecule has 1 fully saturated rings. The van der Waals surface area contributed by atoms with Gasteiger partial charge in [-0.3, -0.25) is 14.4 Å². The van der Waals surface area contributed by atoms with Crippen LogP contribution in [-0.2, 0) is 15.0 Å². The molecule has 3 aliphatic heterocycles. The molecule has 3 heterocycles. The SMILES string of the molecule is CC(C)(C)C(=O)[C@@H]1[C@@H](C(=O)c2ccc(Br)cc2)[C@]2(C(=O)Nc3ccccc32)[C@H]2C=Cc3cc(Cl)ccc3N12. The van der Waals surface area contributed by atoms with Crippen LogP contribution in [0.15, 0.2) is 77.3 Å². The van der Waals surface area contributed by atoms with Crippen molar-refractivity contribution in [1.82, 2.24) is 0 Å². The Morgan fingerprint density at radius 3 is 2.45 bits per heavy atom. The van der Waals surface area contributed by atoms with Gasteiger partial charge in [0.1, 0.15) is 11.5 Å². The Morgan fingerprint density at radius 2 is 1.74 bits per heavy atom. The number of amides is 1. The number of ketones is 2. The van der Waals surface area contributed by atoms with Gasteiger partial charge in [0.05, 0.1) is 12.0 Å². The van der Waals surface area contributed by atoms with E-state index in [0.29, 0.717) is 16.3 Å². The number of anilines is 2. The van der Waals surface area contributed by atoms with Gasteiger partial charge in [-0.15, -0.1) is 0 Å². The summed E-state index contributed by atoms with van der Waals surface area (Å²) in [6.45, 7) is 5.59. The van der Waals surface area contributed by atoms with Crippen molar-refractivity contribution in [3.8, 4) is 0 Å². The zero-order chi connectivity index (χ0) is 27.0. The standard InChI is InChI=1S/C31H26BrClN2O3/c1-30(2,3)28(37)26-25(27(36)17-8-11-19(32)12-9-17)31(21-6-4-5-7-22(21)34-29(31)38)24-15-10-18-16-20(33)13-14-23(18)35(24)26/h4-16,24-26H,1-3H3,(H,34,38)/t24-,25+,26+,31-/m1/s1. The maximum atomic E-state index is 14.6. The molecule has 3 aliphatic rings. The molecule has 0 aromatic heterocycles. The lowest BCUT2D eigenvalue weighted by molar-refractivity contribution is -0.128. The molecule has 3 aromatic rings. The Bertz CT molecular complexity index is 1540. The monoisotopic (exact) mass is 588 g/mol. The summed E-state index contributed by atoms with van der Waals surface area (Å²) in [6, 6.07) is 18.7. The van der Waals surface area contributed by atoms with Gasteiger partial charge in [0.2, 0.25) is 5.91 Å². The number of carbonyl (C=O) groups is 3. The van der Waals surface area contributed by atoms with Gasteiger partial charge in [-0.25, -0.2) is 0 Å². The van der Waals surface area contributed by atoms with Crippen LogP contribution in [0.2, 0.25) is 5.02 Å². The predicted octanol–water partition coefficient (Wildman–Crippen LogP) is 6.69. The lowest BCUT2D eigenvalue weighted by Crippen LogP contribution is -2.51. The number of hydrogen-bond acceptors (Lipinski definition) is 4. The van der Waals surface area contributed by atoms with E-state index >= 15 is 0 Å². The quantitative estimate of drug-likeness (QED) is 0.346. The molecule has 0 unspecified atom stereocenters. The maximum Gasteiger partial charge on any atom is 0.238 e.